The zero-order valence-corrected chi connectivity index (χ0v) is 13.5. The molecule has 0 radical (unpaired) electrons. The van der Waals surface area contributed by atoms with Gasteiger partial charge in [0.05, 0.1) is 4.91 Å². The third-order valence-corrected chi connectivity index (χ3v) is 5.35. The van der Waals surface area contributed by atoms with Gasteiger partial charge in [0.15, 0.2) is 11.6 Å². The van der Waals surface area contributed by atoms with Crippen molar-refractivity contribution in [3.05, 3.63) is 46.5 Å². The van der Waals surface area contributed by atoms with Crippen molar-refractivity contribution in [1.82, 2.24) is 4.98 Å². The predicted molar refractivity (Wildman–Crippen MR) is 87.5 cm³/mol. The number of pyridine rings is 1. The van der Waals surface area contributed by atoms with Crippen LogP contribution < -0.4 is 0 Å². The van der Waals surface area contributed by atoms with E-state index in [9.17, 15) is 9.59 Å². The van der Waals surface area contributed by atoms with Crippen LogP contribution in [0, 0.1) is 5.92 Å². The van der Waals surface area contributed by atoms with Crippen molar-refractivity contribution in [3.8, 4) is 0 Å². The number of carbonyl (C=O) groups excluding carboxylic acids is 2. The van der Waals surface area contributed by atoms with Gasteiger partial charge in [0, 0.05) is 17.3 Å². The Morgan fingerprint density at radius 2 is 1.91 bits per heavy atom. The van der Waals surface area contributed by atoms with E-state index in [4.69, 9.17) is 0 Å². The van der Waals surface area contributed by atoms with Crippen molar-refractivity contribution in [2.45, 2.75) is 44.1 Å². The van der Waals surface area contributed by atoms with Crippen LogP contribution in [0.2, 0.25) is 0 Å². The molecule has 0 atom stereocenters. The first kappa shape index (κ1) is 15.2. The molecule has 22 heavy (non-hydrogen) atoms. The molecule has 0 N–H and O–H groups in total. The minimum Gasteiger partial charge on any atom is -0.289 e. The van der Waals surface area contributed by atoms with E-state index in [1.165, 1.54) is 24.3 Å². The SMILES string of the molecule is CC1=CC(=O)C(Sc2ccccn2)=C(C2CCCCC2)C1=O. The van der Waals surface area contributed by atoms with E-state index in [1.807, 2.05) is 18.2 Å². The van der Waals surface area contributed by atoms with E-state index < -0.39 is 0 Å². The Bertz CT molecular complexity index is 655. The molecule has 1 heterocycles. The molecule has 1 fully saturated rings. The van der Waals surface area contributed by atoms with Crippen molar-refractivity contribution >= 4 is 23.3 Å². The molecule has 1 aromatic heterocycles. The van der Waals surface area contributed by atoms with Crippen molar-refractivity contribution in [3.63, 3.8) is 0 Å². The van der Waals surface area contributed by atoms with Crippen LogP contribution in [0.4, 0.5) is 0 Å². The summed E-state index contributed by atoms with van der Waals surface area (Å²) in [6.07, 6.45) is 8.70. The van der Waals surface area contributed by atoms with E-state index >= 15 is 0 Å². The number of thioether (sulfide) groups is 1. The number of hydrogen-bond acceptors (Lipinski definition) is 4. The summed E-state index contributed by atoms with van der Waals surface area (Å²) in [6.45, 7) is 1.74. The molecule has 0 aromatic carbocycles. The van der Waals surface area contributed by atoms with E-state index in [2.05, 4.69) is 4.98 Å². The summed E-state index contributed by atoms with van der Waals surface area (Å²) in [5.41, 5.74) is 1.30. The van der Waals surface area contributed by atoms with Crippen molar-refractivity contribution in [1.29, 1.82) is 0 Å². The summed E-state index contributed by atoms with van der Waals surface area (Å²) in [5.74, 6) is 0.221. The van der Waals surface area contributed by atoms with E-state index in [-0.39, 0.29) is 17.5 Å². The summed E-state index contributed by atoms with van der Waals surface area (Å²) < 4.78 is 0. The predicted octanol–water partition coefficient (Wildman–Crippen LogP) is 4.11. The van der Waals surface area contributed by atoms with Crippen LogP contribution in [0.25, 0.3) is 0 Å². The largest absolute Gasteiger partial charge is 0.289 e. The van der Waals surface area contributed by atoms with Gasteiger partial charge in [-0.3, -0.25) is 9.59 Å². The van der Waals surface area contributed by atoms with Crippen LogP contribution in [0.3, 0.4) is 0 Å². The molecule has 3 rings (SSSR count). The van der Waals surface area contributed by atoms with Gasteiger partial charge in [-0.2, -0.15) is 0 Å². The van der Waals surface area contributed by atoms with Crippen LogP contribution in [-0.2, 0) is 9.59 Å². The first-order chi connectivity index (χ1) is 10.7. The quantitative estimate of drug-likeness (QED) is 0.788. The maximum absolute atomic E-state index is 12.7. The minimum absolute atomic E-state index is 0.0462. The summed E-state index contributed by atoms with van der Waals surface area (Å²) in [4.78, 5) is 30.0. The van der Waals surface area contributed by atoms with Crippen molar-refractivity contribution in [2.75, 3.05) is 0 Å². The number of allylic oxidation sites excluding steroid dienone is 4. The van der Waals surface area contributed by atoms with Gasteiger partial charge in [-0.1, -0.05) is 37.1 Å². The number of ketones is 2. The zero-order valence-electron chi connectivity index (χ0n) is 12.7. The molecule has 0 amide bonds. The van der Waals surface area contributed by atoms with E-state index in [1.54, 1.807) is 13.1 Å². The Labute approximate surface area is 134 Å². The van der Waals surface area contributed by atoms with Crippen LogP contribution in [-0.4, -0.2) is 16.6 Å². The molecule has 1 saturated carbocycles. The van der Waals surface area contributed by atoms with Gasteiger partial charge < -0.3 is 0 Å². The Kier molecular flexibility index (Phi) is 4.57. The topological polar surface area (TPSA) is 47.0 Å². The Morgan fingerprint density at radius 3 is 2.59 bits per heavy atom. The molecule has 0 unspecified atom stereocenters. The highest BCUT2D eigenvalue weighted by atomic mass is 32.2. The second kappa shape index (κ2) is 6.61. The lowest BCUT2D eigenvalue weighted by molar-refractivity contribution is -0.116. The lowest BCUT2D eigenvalue weighted by Gasteiger charge is -2.27. The monoisotopic (exact) mass is 313 g/mol. The maximum atomic E-state index is 12.7. The molecule has 114 valence electrons. The second-order valence-electron chi connectivity index (χ2n) is 5.87. The number of nitrogens with zero attached hydrogens (tertiary/aromatic N) is 1. The van der Waals surface area contributed by atoms with Gasteiger partial charge in [0.2, 0.25) is 0 Å². The fourth-order valence-corrected chi connectivity index (χ4v) is 4.15. The van der Waals surface area contributed by atoms with Crippen molar-refractivity contribution in [2.24, 2.45) is 5.92 Å². The first-order valence-electron chi connectivity index (χ1n) is 7.77. The Hall–Kier alpha value is -1.68. The average molecular weight is 313 g/mol. The van der Waals surface area contributed by atoms with E-state index in [0.717, 1.165) is 36.3 Å². The van der Waals surface area contributed by atoms with Crippen LogP contribution in [0.5, 0.6) is 0 Å². The highest BCUT2D eigenvalue weighted by Crippen LogP contribution is 2.40. The number of hydrogen-bond donors (Lipinski definition) is 0. The number of rotatable bonds is 3. The standard InChI is InChI=1S/C18H19NO2S/c1-12-11-14(20)18(22-15-9-5-6-10-19-15)16(17(12)21)13-7-3-2-4-8-13/h5-6,9-11,13H,2-4,7-8H2,1H3. The lowest BCUT2D eigenvalue weighted by Crippen LogP contribution is -2.24. The number of carbonyl (C=O) groups is 2. The number of Topliss-reactive ketones (excluding diaryl/α,β-unsaturated/α-hetero) is 1. The van der Waals surface area contributed by atoms with Gasteiger partial charge in [-0.15, -0.1) is 0 Å². The molecule has 0 aliphatic heterocycles. The molecule has 4 heteroatoms. The molecular weight excluding hydrogens is 294 g/mol. The minimum atomic E-state index is -0.0478. The summed E-state index contributed by atoms with van der Waals surface area (Å²) in [7, 11) is 0. The van der Waals surface area contributed by atoms with Crippen molar-refractivity contribution < 1.29 is 9.59 Å². The molecule has 0 bridgehead atoms. The molecule has 0 spiro atoms. The Morgan fingerprint density at radius 1 is 1.14 bits per heavy atom. The molecule has 0 saturated heterocycles. The third kappa shape index (κ3) is 3.07. The fraction of sp³-hybridized carbons (Fsp3) is 0.389. The zero-order chi connectivity index (χ0) is 15.5. The third-order valence-electron chi connectivity index (χ3n) is 4.28. The first-order valence-corrected chi connectivity index (χ1v) is 8.59. The lowest BCUT2D eigenvalue weighted by atomic mass is 9.79. The van der Waals surface area contributed by atoms with Crippen LogP contribution in [0.15, 0.2) is 51.5 Å². The van der Waals surface area contributed by atoms with Gasteiger partial charge in [-0.05, 0) is 43.9 Å². The van der Waals surface area contributed by atoms with Gasteiger partial charge in [-0.25, -0.2) is 4.98 Å². The molecule has 2 aliphatic carbocycles. The maximum Gasteiger partial charge on any atom is 0.193 e. The summed E-state index contributed by atoms with van der Waals surface area (Å²) in [5, 5.41) is 0.764. The smallest absolute Gasteiger partial charge is 0.193 e. The molecule has 1 aromatic rings. The van der Waals surface area contributed by atoms with Crippen LogP contribution in [0.1, 0.15) is 39.0 Å². The molecule has 3 nitrogen and oxygen atoms in total. The van der Waals surface area contributed by atoms with Gasteiger partial charge in [0.1, 0.15) is 5.03 Å². The van der Waals surface area contributed by atoms with Gasteiger partial charge >= 0.3 is 0 Å². The number of aromatic nitrogens is 1. The average Bonchev–Trinajstić information content (AvgIpc) is 2.55. The summed E-state index contributed by atoms with van der Waals surface area (Å²) >= 11 is 1.33. The van der Waals surface area contributed by atoms with Crippen LogP contribution >= 0.6 is 11.8 Å². The molecule has 2 aliphatic rings. The second-order valence-corrected chi connectivity index (χ2v) is 6.90. The normalized spacial score (nSPS) is 20.3. The van der Waals surface area contributed by atoms with E-state index in [0.29, 0.717) is 10.5 Å². The highest BCUT2D eigenvalue weighted by Gasteiger charge is 2.33. The fourth-order valence-electron chi connectivity index (χ4n) is 3.16. The van der Waals surface area contributed by atoms with Gasteiger partial charge in [0.25, 0.3) is 0 Å². The summed E-state index contributed by atoms with van der Waals surface area (Å²) in [6, 6.07) is 5.61. The Balaban J connectivity index is 1.99. The molecular formula is C18H19NO2S. The highest BCUT2D eigenvalue weighted by molar-refractivity contribution is 8.04.